The molecule has 0 radical (unpaired) electrons. The van der Waals surface area contributed by atoms with Crippen LogP contribution in [-0.2, 0) is 17.6 Å². The summed E-state index contributed by atoms with van der Waals surface area (Å²) >= 11 is 0. The Morgan fingerprint density at radius 3 is 3.00 bits per heavy atom. The Bertz CT molecular complexity index is 688. The number of pyridine rings is 1. The molecule has 1 aliphatic carbocycles. The highest BCUT2D eigenvalue weighted by molar-refractivity contribution is 5.91. The highest BCUT2D eigenvalue weighted by Gasteiger charge is 2.15. The molecule has 1 heterocycles. The molecule has 0 atom stereocenters. The van der Waals surface area contributed by atoms with Crippen LogP contribution in [0.4, 0.5) is 10.1 Å². The van der Waals surface area contributed by atoms with E-state index in [-0.39, 0.29) is 18.3 Å². The molecule has 0 bridgehead atoms. The fourth-order valence-electron chi connectivity index (χ4n) is 2.63. The fraction of sp³-hybridized carbons (Fsp3) is 0.294. The number of aromatic nitrogens is 1. The second-order valence-corrected chi connectivity index (χ2v) is 5.29. The molecule has 1 amide bonds. The summed E-state index contributed by atoms with van der Waals surface area (Å²) in [7, 11) is 0. The molecule has 1 aromatic heterocycles. The van der Waals surface area contributed by atoms with Gasteiger partial charge in [-0.15, -0.1) is 0 Å². The Labute approximate surface area is 128 Å². The molecule has 22 heavy (non-hydrogen) atoms. The van der Waals surface area contributed by atoms with Gasteiger partial charge in [0.15, 0.2) is 6.61 Å². The number of anilines is 1. The van der Waals surface area contributed by atoms with Crippen LogP contribution in [0.1, 0.15) is 24.1 Å². The summed E-state index contributed by atoms with van der Waals surface area (Å²) in [4.78, 5) is 16.3. The van der Waals surface area contributed by atoms with Crippen molar-refractivity contribution in [3.8, 4) is 5.75 Å². The summed E-state index contributed by atoms with van der Waals surface area (Å²) in [5, 5.41) is 2.61. The van der Waals surface area contributed by atoms with E-state index in [1.165, 1.54) is 12.1 Å². The molecule has 0 aliphatic heterocycles. The van der Waals surface area contributed by atoms with Crippen LogP contribution in [0.3, 0.4) is 0 Å². The van der Waals surface area contributed by atoms with E-state index in [9.17, 15) is 9.18 Å². The normalized spacial score (nSPS) is 13.3. The van der Waals surface area contributed by atoms with Gasteiger partial charge in [0.1, 0.15) is 11.6 Å². The standard InChI is InChI=1S/C17H17FN2O2/c18-12-4-3-5-13(10-12)20-17(21)11-22-16-8-9-19-15-7-2-1-6-14(15)16/h3-5,8-10H,1-2,6-7,11H2,(H,20,21). The Kier molecular flexibility index (Phi) is 4.32. The van der Waals surface area contributed by atoms with Crippen molar-refractivity contribution in [1.82, 2.24) is 4.98 Å². The zero-order valence-electron chi connectivity index (χ0n) is 12.1. The maximum atomic E-state index is 13.1. The molecule has 4 nitrogen and oxygen atoms in total. The van der Waals surface area contributed by atoms with Crippen LogP contribution in [0, 0.1) is 5.82 Å². The molecule has 0 fully saturated rings. The van der Waals surface area contributed by atoms with Crippen LogP contribution >= 0.6 is 0 Å². The van der Waals surface area contributed by atoms with Crippen molar-refractivity contribution in [2.24, 2.45) is 0 Å². The maximum absolute atomic E-state index is 13.1. The highest BCUT2D eigenvalue weighted by atomic mass is 19.1. The average molecular weight is 300 g/mol. The molecular formula is C17H17FN2O2. The Hall–Kier alpha value is -2.43. The zero-order chi connectivity index (χ0) is 15.4. The number of ether oxygens (including phenoxy) is 1. The number of nitrogens with zero attached hydrogens (tertiary/aromatic N) is 1. The van der Waals surface area contributed by atoms with Crippen molar-refractivity contribution in [2.45, 2.75) is 25.7 Å². The van der Waals surface area contributed by atoms with Crippen LogP contribution < -0.4 is 10.1 Å². The topological polar surface area (TPSA) is 51.2 Å². The lowest BCUT2D eigenvalue weighted by Crippen LogP contribution is -2.21. The van der Waals surface area contributed by atoms with Crippen molar-refractivity contribution in [2.75, 3.05) is 11.9 Å². The van der Waals surface area contributed by atoms with E-state index >= 15 is 0 Å². The molecule has 3 rings (SSSR count). The molecule has 114 valence electrons. The Morgan fingerprint density at radius 2 is 2.14 bits per heavy atom. The lowest BCUT2D eigenvalue weighted by atomic mass is 9.95. The SMILES string of the molecule is O=C(COc1ccnc2c1CCCC2)Nc1cccc(F)c1. The molecule has 0 spiro atoms. The Morgan fingerprint density at radius 1 is 1.27 bits per heavy atom. The monoisotopic (exact) mass is 300 g/mol. The van der Waals surface area contributed by atoms with Crippen LogP contribution in [0.5, 0.6) is 5.75 Å². The number of hydrogen-bond donors (Lipinski definition) is 1. The molecule has 0 unspecified atom stereocenters. The van der Waals surface area contributed by atoms with Crippen molar-refractivity contribution >= 4 is 11.6 Å². The third-order valence-corrected chi connectivity index (χ3v) is 3.66. The van der Waals surface area contributed by atoms with Gasteiger partial charge < -0.3 is 10.1 Å². The molecule has 1 aromatic carbocycles. The molecule has 1 aliphatic rings. The van der Waals surface area contributed by atoms with E-state index in [0.717, 1.165) is 42.7 Å². The van der Waals surface area contributed by atoms with E-state index in [1.54, 1.807) is 24.4 Å². The summed E-state index contributed by atoms with van der Waals surface area (Å²) in [5.41, 5.74) is 2.59. The van der Waals surface area contributed by atoms with E-state index in [1.807, 2.05) is 0 Å². The van der Waals surface area contributed by atoms with Gasteiger partial charge in [-0.2, -0.15) is 0 Å². The smallest absolute Gasteiger partial charge is 0.262 e. The first kappa shape index (κ1) is 14.5. The summed E-state index contributed by atoms with van der Waals surface area (Å²) < 4.78 is 18.7. The van der Waals surface area contributed by atoms with Gasteiger partial charge in [0.2, 0.25) is 0 Å². The summed E-state index contributed by atoms with van der Waals surface area (Å²) in [6.45, 7) is -0.104. The maximum Gasteiger partial charge on any atom is 0.262 e. The van der Waals surface area contributed by atoms with Crippen molar-refractivity contribution in [3.05, 3.63) is 53.6 Å². The minimum Gasteiger partial charge on any atom is -0.483 e. The quantitative estimate of drug-likeness (QED) is 0.944. The van der Waals surface area contributed by atoms with Gasteiger partial charge in [-0.25, -0.2) is 4.39 Å². The minimum absolute atomic E-state index is 0.104. The highest BCUT2D eigenvalue weighted by Crippen LogP contribution is 2.27. The third-order valence-electron chi connectivity index (χ3n) is 3.66. The number of fused-ring (bicyclic) bond motifs is 1. The fourth-order valence-corrected chi connectivity index (χ4v) is 2.63. The molecular weight excluding hydrogens is 283 g/mol. The number of halogens is 1. The van der Waals surface area contributed by atoms with E-state index in [0.29, 0.717) is 5.69 Å². The predicted octanol–water partition coefficient (Wildman–Crippen LogP) is 3.12. The summed E-state index contributed by atoms with van der Waals surface area (Å²) in [6.07, 6.45) is 5.87. The van der Waals surface area contributed by atoms with Crippen molar-refractivity contribution < 1.29 is 13.9 Å². The largest absolute Gasteiger partial charge is 0.483 e. The van der Waals surface area contributed by atoms with Crippen molar-refractivity contribution in [1.29, 1.82) is 0 Å². The van der Waals surface area contributed by atoms with Gasteiger partial charge in [-0.3, -0.25) is 9.78 Å². The summed E-state index contributed by atoms with van der Waals surface area (Å²) in [5.74, 6) is 0.0213. The molecule has 1 N–H and O–H groups in total. The number of carbonyl (C=O) groups is 1. The zero-order valence-corrected chi connectivity index (χ0v) is 12.1. The van der Waals surface area contributed by atoms with Crippen LogP contribution in [0.2, 0.25) is 0 Å². The number of nitrogens with one attached hydrogen (secondary N) is 1. The van der Waals surface area contributed by atoms with Gasteiger partial charge in [0.05, 0.1) is 0 Å². The predicted molar refractivity (Wildman–Crippen MR) is 81.4 cm³/mol. The lowest BCUT2D eigenvalue weighted by molar-refractivity contribution is -0.118. The van der Waals surface area contributed by atoms with E-state index < -0.39 is 0 Å². The van der Waals surface area contributed by atoms with Gasteiger partial charge >= 0.3 is 0 Å². The van der Waals surface area contributed by atoms with E-state index in [2.05, 4.69) is 10.3 Å². The molecule has 0 saturated heterocycles. The average Bonchev–Trinajstić information content (AvgIpc) is 2.53. The van der Waals surface area contributed by atoms with Gasteiger partial charge in [-0.05, 0) is 49.9 Å². The number of rotatable bonds is 4. The number of carbonyl (C=O) groups excluding carboxylic acids is 1. The first-order chi connectivity index (χ1) is 10.7. The molecule has 2 aromatic rings. The third kappa shape index (κ3) is 3.42. The Balaban J connectivity index is 1.62. The second-order valence-electron chi connectivity index (χ2n) is 5.29. The minimum atomic E-state index is -0.387. The van der Waals surface area contributed by atoms with Crippen LogP contribution in [0.15, 0.2) is 36.5 Å². The lowest BCUT2D eigenvalue weighted by Gasteiger charge is -2.18. The number of hydrogen-bond acceptors (Lipinski definition) is 3. The first-order valence-electron chi connectivity index (χ1n) is 7.37. The number of benzene rings is 1. The number of amides is 1. The first-order valence-corrected chi connectivity index (χ1v) is 7.37. The van der Waals surface area contributed by atoms with Gasteiger partial charge in [0.25, 0.3) is 5.91 Å². The molecule has 0 saturated carbocycles. The van der Waals surface area contributed by atoms with Gasteiger partial charge in [0, 0.05) is 23.1 Å². The number of aryl methyl sites for hydroxylation is 1. The molecule has 5 heteroatoms. The van der Waals surface area contributed by atoms with Crippen LogP contribution in [-0.4, -0.2) is 17.5 Å². The van der Waals surface area contributed by atoms with Crippen LogP contribution in [0.25, 0.3) is 0 Å². The van der Waals surface area contributed by atoms with Crippen molar-refractivity contribution in [3.63, 3.8) is 0 Å². The van der Waals surface area contributed by atoms with E-state index in [4.69, 9.17) is 4.74 Å². The summed E-state index contributed by atoms with van der Waals surface area (Å²) in [6, 6.07) is 7.57. The van der Waals surface area contributed by atoms with Gasteiger partial charge in [-0.1, -0.05) is 6.07 Å². The second kappa shape index (κ2) is 6.56.